The number of para-hydroxylation sites is 1. The molecule has 1 aromatic carbocycles. The highest BCUT2D eigenvalue weighted by atomic mass is 16.6. The Bertz CT molecular complexity index is 555. The van der Waals surface area contributed by atoms with Crippen LogP contribution in [-0.2, 0) is 6.54 Å². The van der Waals surface area contributed by atoms with Gasteiger partial charge in [0.2, 0.25) is 0 Å². The number of aromatic nitrogens is 1. The van der Waals surface area contributed by atoms with Crippen LogP contribution in [0, 0.1) is 10.1 Å². The smallest absolute Gasteiger partial charge is 0.363 e. The molecule has 0 aliphatic heterocycles. The summed E-state index contributed by atoms with van der Waals surface area (Å²) in [5.74, 6) is 0.0166. The maximum atomic E-state index is 10.4. The number of phenols is 1. The maximum absolute atomic E-state index is 10.4. The van der Waals surface area contributed by atoms with E-state index >= 15 is 0 Å². The number of pyridine rings is 1. The standard InChI is InChI=1S/C12H11N3O3/c16-11-4-2-1-3-9(11)7-13-10-5-6-12(14-8-10)15(17)18/h1-6,8,13,16H,7H2. The molecule has 1 heterocycles. The largest absolute Gasteiger partial charge is 0.508 e. The molecule has 0 unspecified atom stereocenters. The van der Waals surface area contributed by atoms with Gasteiger partial charge in [0, 0.05) is 18.2 Å². The summed E-state index contributed by atoms with van der Waals surface area (Å²) >= 11 is 0. The van der Waals surface area contributed by atoms with Crippen molar-refractivity contribution in [2.45, 2.75) is 6.54 Å². The summed E-state index contributed by atoms with van der Waals surface area (Å²) in [5, 5.41) is 23.0. The number of rotatable bonds is 4. The van der Waals surface area contributed by atoms with Gasteiger partial charge in [0.25, 0.3) is 0 Å². The fraction of sp³-hybridized carbons (Fsp3) is 0.0833. The van der Waals surface area contributed by atoms with Gasteiger partial charge in [-0.1, -0.05) is 18.2 Å². The Balaban J connectivity index is 2.02. The molecule has 0 atom stereocenters. The summed E-state index contributed by atoms with van der Waals surface area (Å²) in [6, 6.07) is 9.86. The summed E-state index contributed by atoms with van der Waals surface area (Å²) in [7, 11) is 0. The Morgan fingerprint density at radius 1 is 1.28 bits per heavy atom. The molecule has 0 amide bonds. The minimum absolute atomic E-state index is 0.192. The van der Waals surface area contributed by atoms with Gasteiger partial charge in [-0.05, 0) is 22.0 Å². The molecule has 0 saturated carbocycles. The molecular formula is C12H11N3O3. The van der Waals surface area contributed by atoms with Crippen LogP contribution in [0.3, 0.4) is 0 Å². The summed E-state index contributed by atoms with van der Waals surface area (Å²) in [5.41, 5.74) is 1.40. The van der Waals surface area contributed by atoms with Crippen molar-refractivity contribution in [3.05, 3.63) is 58.3 Å². The summed E-state index contributed by atoms with van der Waals surface area (Å²) in [6.07, 6.45) is 1.39. The molecule has 2 N–H and O–H groups in total. The average Bonchev–Trinajstić information content (AvgIpc) is 2.38. The molecule has 6 heteroatoms. The third-order valence-electron chi connectivity index (χ3n) is 2.41. The van der Waals surface area contributed by atoms with Crippen LogP contribution in [0.5, 0.6) is 5.75 Å². The lowest BCUT2D eigenvalue weighted by Crippen LogP contribution is -2.00. The molecule has 0 radical (unpaired) electrons. The van der Waals surface area contributed by atoms with Crippen LogP contribution in [0.25, 0.3) is 0 Å². The SMILES string of the molecule is O=[N+]([O-])c1ccc(NCc2ccccc2O)cn1. The van der Waals surface area contributed by atoms with Crippen LogP contribution in [0.4, 0.5) is 11.5 Å². The van der Waals surface area contributed by atoms with Gasteiger partial charge in [0.15, 0.2) is 6.20 Å². The Morgan fingerprint density at radius 3 is 2.67 bits per heavy atom. The van der Waals surface area contributed by atoms with Crippen molar-refractivity contribution in [2.24, 2.45) is 0 Å². The number of benzene rings is 1. The molecule has 92 valence electrons. The van der Waals surface area contributed by atoms with Crippen molar-refractivity contribution in [3.63, 3.8) is 0 Å². The number of nitrogens with zero attached hydrogens (tertiary/aromatic N) is 2. The lowest BCUT2D eigenvalue weighted by molar-refractivity contribution is -0.389. The highest BCUT2D eigenvalue weighted by molar-refractivity contribution is 5.45. The molecular weight excluding hydrogens is 234 g/mol. The van der Waals surface area contributed by atoms with Crippen LogP contribution in [0.1, 0.15) is 5.56 Å². The lowest BCUT2D eigenvalue weighted by atomic mass is 10.2. The first kappa shape index (κ1) is 11.8. The Hall–Kier alpha value is -2.63. The van der Waals surface area contributed by atoms with E-state index in [9.17, 15) is 15.2 Å². The Labute approximate surface area is 103 Å². The quantitative estimate of drug-likeness (QED) is 0.637. The first-order chi connectivity index (χ1) is 8.66. The number of nitrogens with one attached hydrogen (secondary N) is 1. The van der Waals surface area contributed by atoms with Gasteiger partial charge < -0.3 is 20.5 Å². The van der Waals surface area contributed by atoms with E-state index in [1.54, 1.807) is 24.3 Å². The fourth-order valence-electron chi connectivity index (χ4n) is 1.46. The summed E-state index contributed by atoms with van der Waals surface area (Å²) in [6.45, 7) is 0.423. The normalized spacial score (nSPS) is 10.0. The number of hydrogen-bond donors (Lipinski definition) is 2. The highest BCUT2D eigenvalue weighted by Gasteiger charge is 2.06. The zero-order valence-electron chi connectivity index (χ0n) is 9.41. The van der Waals surface area contributed by atoms with Crippen molar-refractivity contribution < 1.29 is 10.0 Å². The third kappa shape index (κ3) is 2.73. The van der Waals surface area contributed by atoms with Gasteiger partial charge in [0.05, 0.1) is 5.69 Å². The zero-order valence-corrected chi connectivity index (χ0v) is 9.41. The van der Waals surface area contributed by atoms with Gasteiger partial charge >= 0.3 is 5.82 Å². The second-order valence-electron chi connectivity index (χ2n) is 3.64. The van der Waals surface area contributed by atoms with Crippen molar-refractivity contribution in [1.82, 2.24) is 4.98 Å². The fourth-order valence-corrected chi connectivity index (χ4v) is 1.46. The summed E-state index contributed by atoms with van der Waals surface area (Å²) < 4.78 is 0. The molecule has 1 aromatic heterocycles. The van der Waals surface area contributed by atoms with Gasteiger partial charge in [0.1, 0.15) is 5.75 Å². The van der Waals surface area contributed by atoms with Crippen LogP contribution in [0.2, 0.25) is 0 Å². The van der Waals surface area contributed by atoms with E-state index in [2.05, 4.69) is 10.3 Å². The molecule has 6 nitrogen and oxygen atoms in total. The first-order valence-corrected chi connectivity index (χ1v) is 5.28. The Morgan fingerprint density at radius 2 is 2.06 bits per heavy atom. The van der Waals surface area contributed by atoms with E-state index < -0.39 is 4.92 Å². The maximum Gasteiger partial charge on any atom is 0.363 e. The molecule has 18 heavy (non-hydrogen) atoms. The number of anilines is 1. The molecule has 0 saturated heterocycles. The zero-order chi connectivity index (χ0) is 13.0. The molecule has 0 fully saturated rings. The predicted octanol–water partition coefficient (Wildman–Crippen LogP) is 2.31. The van der Waals surface area contributed by atoms with E-state index in [1.165, 1.54) is 12.3 Å². The van der Waals surface area contributed by atoms with Gasteiger partial charge in [-0.15, -0.1) is 0 Å². The molecule has 0 spiro atoms. The second-order valence-corrected chi connectivity index (χ2v) is 3.64. The monoisotopic (exact) mass is 245 g/mol. The first-order valence-electron chi connectivity index (χ1n) is 5.28. The number of nitro groups is 1. The Kier molecular flexibility index (Phi) is 3.38. The molecule has 0 aliphatic carbocycles. The van der Waals surface area contributed by atoms with Crippen LogP contribution in [0.15, 0.2) is 42.6 Å². The second kappa shape index (κ2) is 5.13. The molecule has 2 rings (SSSR count). The van der Waals surface area contributed by atoms with Crippen LogP contribution < -0.4 is 5.32 Å². The topological polar surface area (TPSA) is 88.3 Å². The third-order valence-corrected chi connectivity index (χ3v) is 2.41. The van der Waals surface area contributed by atoms with Crippen LogP contribution in [-0.4, -0.2) is 15.0 Å². The van der Waals surface area contributed by atoms with E-state index in [0.717, 1.165) is 5.56 Å². The van der Waals surface area contributed by atoms with Gasteiger partial charge in [-0.2, -0.15) is 0 Å². The van der Waals surface area contributed by atoms with Crippen molar-refractivity contribution in [3.8, 4) is 5.75 Å². The van der Waals surface area contributed by atoms with Crippen molar-refractivity contribution in [1.29, 1.82) is 0 Å². The average molecular weight is 245 g/mol. The number of hydrogen-bond acceptors (Lipinski definition) is 5. The molecule has 0 aliphatic rings. The number of phenolic OH excluding ortho intramolecular Hbond substituents is 1. The van der Waals surface area contributed by atoms with Crippen molar-refractivity contribution in [2.75, 3.05) is 5.32 Å². The van der Waals surface area contributed by atoms with Crippen molar-refractivity contribution >= 4 is 11.5 Å². The van der Waals surface area contributed by atoms with Crippen LogP contribution >= 0.6 is 0 Å². The van der Waals surface area contributed by atoms with E-state index in [-0.39, 0.29) is 11.6 Å². The van der Waals surface area contributed by atoms with Gasteiger partial charge in [-0.25, -0.2) is 0 Å². The lowest BCUT2D eigenvalue weighted by Gasteiger charge is -2.06. The summed E-state index contributed by atoms with van der Waals surface area (Å²) in [4.78, 5) is 13.6. The highest BCUT2D eigenvalue weighted by Crippen LogP contribution is 2.18. The minimum Gasteiger partial charge on any atom is -0.508 e. The minimum atomic E-state index is -0.549. The molecule has 0 bridgehead atoms. The number of aromatic hydroxyl groups is 1. The van der Waals surface area contributed by atoms with E-state index in [4.69, 9.17) is 0 Å². The van der Waals surface area contributed by atoms with E-state index in [0.29, 0.717) is 12.2 Å². The predicted molar refractivity (Wildman–Crippen MR) is 66.3 cm³/mol. The van der Waals surface area contributed by atoms with E-state index in [1.807, 2.05) is 6.07 Å². The van der Waals surface area contributed by atoms with Gasteiger partial charge in [-0.3, -0.25) is 0 Å². The molecule has 2 aromatic rings.